The largest absolute Gasteiger partial charge is 0.480 e. The Kier molecular flexibility index (Phi) is 4.28. The summed E-state index contributed by atoms with van der Waals surface area (Å²) in [6.07, 6.45) is 2.26. The van der Waals surface area contributed by atoms with Crippen LogP contribution < -0.4 is 5.32 Å². The normalized spacial score (nSPS) is 12.5. The number of aromatic nitrogens is 1. The molecule has 1 heterocycles. The number of carbonyl (C=O) groups is 1. The summed E-state index contributed by atoms with van der Waals surface area (Å²) in [5, 5.41) is 12.0. The Morgan fingerprint density at radius 1 is 1.56 bits per heavy atom. The van der Waals surface area contributed by atoms with Crippen molar-refractivity contribution in [2.45, 2.75) is 33.2 Å². The smallest absolute Gasteiger partial charge is 0.326 e. The van der Waals surface area contributed by atoms with Crippen LogP contribution in [0.2, 0.25) is 0 Å². The average Bonchev–Trinajstić information content (AvgIpc) is 2.15. The molecule has 0 saturated carbocycles. The fraction of sp³-hybridized carbons (Fsp3) is 0.500. The van der Waals surface area contributed by atoms with Crippen molar-refractivity contribution in [3.05, 3.63) is 23.9 Å². The van der Waals surface area contributed by atoms with E-state index >= 15 is 0 Å². The first kappa shape index (κ1) is 12.5. The van der Waals surface area contributed by atoms with Gasteiger partial charge < -0.3 is 10.4 Å². The molecule has 88 valence electrons. The molecule has 0 aliphatic rings. The van der Waals surface area contributed by atoms with Gasteiger partial charge in [-0.2, -0.15) is 0 Å². The number of carboxylic acids is 1. The molecule has 0 saturated heterocycles. The quantitative estimate of drug-likeness (QED) is 0.802. The molecular formula is C12H18N2O2. The van der Waals surface area contributed by atoms with Crippen LogP contribution in [0.3, 0.4) is 0 Å². The Hall–Kier alpha value is -1.58. The van der Waals surface area contributed by atoms with Crippen molar-refractivity contribution in [3.63, 3.8) is 0 Å². The molecule has 0 radical (unpaired) electrons. The number of nitrogens with zero attached hydrogens (tertiary/aromatic N) is 1. The molecule has 0 aromatic carbocycles. The minimum absolute atomic E-state index is 0.332. The lowest BCUT2D eigenvalue weighted by Gasteiger charge is -2.17. The zero-order valence-corrected chi connectivity index (χ0v) is 9.90. The minimum atomic E-state index is -0.836. The van der Waals surface area contributed by atoms with E-state index in [1.54, 1.807) is 6.20 Å². The number of hydrogen-bond donors (Lipinski definition) is 2. The monoisotopic (exact) mass is 222 g/mol. The fourth-order valence-corrected chi connectivity index (χ4v) is 1.49. The van der Waals surface area contributed by atoms with E-state index in [0.717, 1.165) is 5.56 Å². The molecule has 0 aliphatic carbocycles. The lowest BCUT2D eigenvalue weighted by atomic mass is 10.0. The first-order chi connectivity index (χ1) is 7.49. The summed E-state index contributed by atoms with van der Waals surface area (Å²) in [6.45, 7) is 5.95. The molecule has 0 aliphatic heterocycles. The van der Waals surface area contributed by atoms with Gasteiger partial charge in [0, 0.05) is 6.20 Å². The van der Waals surface area contributed by atoms with Crippen LogP contribution in [-0.2, 0) is 4.79 Å². The van der Waals surface area contributed by atoms with Gasteiger partial charge in [0.2, 0.25) is 0 Å². The molecule has 2 N–H and O–H groups in total. The van der Waals surface area contributed by atoms with Gasteiger partial charge in [-0.25, -0.2) is 9.78 Å². The third kappa shape index (κ3) is 3.88. The molecule has 4 nitrogen and oxygen atoms in total. The van der Waals surface area contributed by atoms with Crippen LogP contribution in [0.4, 0.5) is 5.82 Å². The topological polar surface area (TPSA) is 62.2 Å². The van der Waals surface area contributed by atoms with Gasteiger partial charge in [-0.3, -0.25) is 0 Å². The van der Waals surface area contributed by atoms with E-state index in [4.69, 9.17) is 5.11 Å². The van der Waals surface area contributed by atoms with Crippen LogP contribution in [0.5, 0.6) is 0 Å². The van der Waals surface area contributed by atoms with E-state index in [1.165, 1.54) is 0 Å². The number of aryl methyl sites for hydroxylation is 1. The highest BCUT2D eigenvalue weighted by atomic mass is 16.4. The van der Waals surface area contributed by atoms with E-state index < -0.39 is 12.0 Å². The van der Waals surface area contributed by atoms with E-state index in [-0.39, 0.29) is 0 Å². The van der Waals surface area contributed by atoms with Crippen LogP contribution in [0.1, 0.15) is 25.8 Å². The van der Waals surface area contributed by atoms with Crippen molar-refractivity contribution < 1.29 is 9.90 Å². The van der Waals surface area contributed by atoms with Gasteiger partial charge >= 0.3 is 5.97 Å². The first-order valence-corrected chi connectivity index (χ1v) is 5.41. The summed E-state index contributed by atoms with van der Waals surface area (Å²) in [5.41, 5.74) is 1.06. The summed E-state index contributed by atoms with van der Waals surface area (Å²) in [5.74, 6) is 0.114. The Balaban J connectivity index is 2.71. The Labute approximate surface area is 95.7 Å². The summed E-state index contributed by atoms with van der Waals surface area (Å²) < 4.78 is 0. The average molecular weight is 222 g/mol. The van der Waals surface area contributed by atoms with Crippen LogP contribution in [0.25, 0.3) is 0 Å². The summed E-state index contributed by atoms with van der Waals surface area (Å²) in [6, 6.07) is 3.15. The molecule has 0 unspecified atom stereocenters. The third-order valence-corrected chi connectivity index (χ3v) is 2.24. The van der Waals surface area contributed by atoms with Crippen molar-refractivity contribution in [1.82, 2.24) is 4.98 Å². The highest BCUT2D eigenvalue weighted by Crippen LogP contribution is 2.12. The second-order valence-electron chi connectivity index (χ2n) is 4.38. The lowest BCUT2D eigenvalue weighted by molar-refractivity contribution is -0.138. The number of aliphatic carboxylic acids is 1. The highest BCUT2D eigenvalue weighted by molar-refractivity contribution is 5.76. The third-order valence-electron chi connectivity index (χ3n) is 2.24. The minimum Gasteiger partial charge on any atom is -0.480 e. The second kappa shape index (κ2) is 5.49. The molecule has 0 spiro atoms. The molecule has 0 fully saturated rings. The van der Waals surface area contributed by atoms with E-state index in [9.17, 15) is 4.79 Å². The van der Waals surface area contributed by atoms with Crippen LogP contribution >= 0.6 is 0 Å². The van der Waals surface area contributed by atoms with Gasteiger partial charge in [-0.05, 0) is 37.0 Å². The number of carboxylic acid groups (broad SMARTS) is 1. The van der Waals surface area contributed by atoms with Gasteiger partial charge in [-0.1, -0.05) is 13.8 Å². The van der Waals surface area contributed by atoms with Crippen molar-refractivity contribution in [2.75, 3.05) is 5.32 Å². The molecule has 1 aromatic rings. The summed E-state index contributed by atoms with van der Waals surface area (Å²) >= 11 is 0. The van der Waals surface area contributed by atoms with E-state index in [2.05, 4.69) is 10.3 Å². The van der Waals surface area contributed by atoms with Gasteiger partial charge in [0.1, 0.15) is 11.9 Å². The Morgan fingerprint density at radius 2 is 2.25 bits per heavy atom. The fourth-order valence-electron chi connectivity index (χ4n) is 1.49. The van der Waals surface area contributed by atoms with Gasteiger partial charge in [0.25, 0.3) is 0 Å². The SMILES string of the molecule is Cc1ccnc(N[C@H](CC(C)C)C(=O)O)c1. The van der Waals surface area contributed by atoms with Gasteiger partial charge in [-0.15, -0.1) is 0 Å². The summed E-state index contributed by atoms with van der Waals surface area (Å²) in [7, 11) is 0. The Bertz CT molecular complexity index is 364. The number of nitrogens with one attached hydrogen (secondary N) is 1. The molecule has 4 heteroatoms. The van der Waals surface area contributed by atoms with Crippen molar-refractivity contribution in [1.29, 1.82) is 0 Å². The number of anilines is 1. The molecule has 1 aromatic heterocycles. The van der Waals surface area contributed by atoms with Gasteiger partial charge in [0.15, 0.2) is 0 Å². The maximum absolute atomic E-state index is 11.0. The molecule has 0 amide bonds. The first-order valence-electron chi connectivity index (χ1n) is 5.41. The Morgan fingerprint density at radius 3 is 2.75 bits per heavy atom. The van der Waals surface area contributed by atoms with Crippen molar-refractivity contribution >= 4 is 11.8 Å². The van der Waals surface area contributed by atoms with Crippen LogP contribution in [0, 0.1) is 12.8 Å². The molecular weight excluding hydrogens is 204 g/mol. The van der Waals surface area contributed by atoms with Crippen LogP contribution in [0.15, 0.2) is 18.3 Å². The zero-order valence-electron chi connectivity index (χ0n) is 9.90. The maximum atomic E-state index is 11.0. The second-order valence-corrected chi connectivity index (χ2v) is 4.38. The molecule has 1 rings (SSSR count). The van der Waals surface area contributed by atoms with Crippen LogP contribution in [-0.4, -0.2) is 22.1 Å². The predicted molar refractivity (Wildman–Crippen MR) is 63.5 cm³/mol. The number of pyridine rings is 1. The standard InChI is InChI=1S/C12H18N2O2/c1-8(2)6-10(12(15)16)14-11-7-9(3)4-5-13-11/h4-5,7-8,10H,6H2,1-3H3,(H,13,14)(H,15,16)/t10-/m1/s1. The molecule has 1 atom stereocenters. The molecule has 0 bridgehead atoms. The highest BCUT2D eigenvalue weighted by Gasteiger charge is 2.18. The van der Waals surface area contributed by atoms with E-state index in [0.29, 0.717) is 18.2 Å². The lowest BCUT2D eigenvalue weighted by Crippen LogP contribution is -2.31. The predicted octanol–water partition coefficient (Wildman–Crippen LogP) is 2.30. The van der Waals surface area contributed by atoms with Crippen molar-refractivity contribution in [3.8, 4) is 0 Å². The zero-order chi connectivity index (χ0) is 12.1. The maximum Gasteiger partial charge on any atom is 0.326 e. The molecule has 16 heavy (non-hydrogen) atoms. The van der Waals surface area contributed by atoms with Crippen molar-refractivity contribution in [2.24, 2.45) is 5.92 Å². The summed E-state index contributed by atoms with van der Waals surface area (Å²) in [4.78, 5) is 15.1. The van der Waals surface area contributed by atoms with Gasteiger partial charge in [0.05, 0.1) is 0 Å². The number of hydrogen-bond acceptors (Lipinski definition) is 3. The van der Waals surface area contributed by atoms with E-state index in [1.807, 2.05) is 32.9 Å². The number of rotatable bonds is 5.